The van der Waals surface area contributed by atoms with Gasteiger partial charge < -0.3 is 9.47 Å². The van der Waals surface area contributed by atoms with E-state index in [0.29, 0.717) is 34.6 Å². The van der Waals surface area contributed by atoms with Crippen LogP contribution in [0.2, 0.25) is 0 Å². The van der Waals surface area contributed by atoms with Crippen molar-refractivity contribution in [2.45, 2.75) is 26.3 Å². The van der Waals surface area contributed by atoms with E-state index in [0.717, 1.165) is 18.4 Å². The number of ether oxygens (including phenoxy) is 2. The number of hydrogen-bond donors (Lipinski definition) is 1. The second-order valence-corrected chi connectivity index (χ2v) is 5.89. The lowest BCUT2D eigenvalue weighted by molar-refractivity contribution is 0.355. The van der Waals surface area contributed by atoms with Gasteiger partial charge in [0.15, 0.2) is 11.5 Å². The fourth-order valence-corrected chi connectivity index (χ4v) is 2.97. The number of aromatic nitrogens is 3. The smallest absolute Gasteiger partial charge is 0.329 e. The van der Waals surface area contributed by atoms with Gasteiger partial charge in [-0.05, 0) is 35.7 Å². The number of rotatable bonds is 6. The molecular weight excluding hydrogens is 334 g/mol. The van der Waals surface area contributed by atoms with Crippen LogP contribution in [-0.4, -0.2) is 28.8 Å². The Kier molecular flexibility index (Phi) is 5.06. The number of methoxy groups -OCH3 is 2. The fraction of sp³-hybridized carbons (Fsp3) is 0.316. The van der Waals surface area contributed by atoms with Gasteiger partial charge in [-0.1, -0.05) is 19.4 Å². The molecular formula is C19H21N3O4. The van der Waals surface area contributed by atoms with Gasteiger partial charge in [0.05, 0.1) is 19.6 Å². The average molecular weight is 355 g/mol. The third-order valence-corrected chi connectivity index (χ3v) is 4.31. The van der Waals surface area contributed by atoms with Crippen molar-refractivity contribution in [2.75, 3.05) is 14.2 Å². The standard InChI is InChI=1S/C19H21N3O4/c1-4-5-10-22-17-16(18(23)21-19(22)24)13(8-9-20-17)12-6-7-14(25-2)15(11-12)26-3/h6-9,11H,4-5,10H2,1-3H3,(H,21,23,24). The zero-order chi connectivity index (χ0) is 18.7. The van der Waals surface area contributed by atoms with Crippen molar-refractivity contribution in [3.05, 3.63) is 51.3 Å². The number of fused-ring (bicyclic) bond motifs is 1. The summed E-state index contributed by atoms with van der Waals surface area (Å²) in [5.41, 5.74) is 0.965. The molecule has 0 aliphatic rings. The molecule has 0 atom stereocenters. The summed E-state index contributed by atoms with van der Waals surface area (Å²) in [6.07, 6.45) is 3.36. The summed E-state index contributed by atoms with van der Waals surface area (Å²) >= 11 is 0. The van der Waals surface area contributed by atoms with Crippen molar-refractivity contribution in [1.82, 2.24) is 14.5 Å². The van der Waals surface area contributed by atoms with Crippen LogP contribution in [0.4, 0.5) is 0 Å². The topological polar surface area (TPSA) is 86.2 Å². The van der Waals surface area contributed by atoms with Crippen molar-refractivity contribution in [3.8, 4) is 22.6 Å². The molecule has 0 radical (unpaired) electrons. The Hall–Kier alpha value is -3.09. The second kappa shape index (κ2) is 7.43. The number of nitrogens with one attached hydrogen (secondary N) is 1. The zero-order valence-corrected chi connectivity index (χ0v) is 15.0. The predicted molar refractivity (Wildman–Crippen MR) is 100 cm³/mol. The number of benzene rings is 1. The Morgan fingerprint density at radius 3 is 2.58 bits per heavy atom. The highest BCUT2D eigenvalue weighted by Crippen LogP contribution is 2.33. The van der Waals surface area contributed by atoms with Crippen molar-refractivity contribution >= 4 is 11.0 Å². The fourth-order valence-electron chi connectivity index (χ4n) is 2.97. The number of nitrogens with zero attached hydrogens (tertiary/aromatic N) is 2. The molecule has 7 heteroatoms. The van der Waals surface area contributed by atoms with E-state index in [1.54, 1.807) is 38.6 Å². The summed E-state index contributed by atoms with van der Waals surface area (Å²) in [6.45, 7) is 2.55. The van der Waals surface area contributed by atoms with Crippen molar-refractivity contribution in [2.24, 2.45) is 0 Å². The van der Waals surface area contributed by atoms with Gasteiger partial charge in [0.1, 0.15) is 5.65 Å². The molecule has 0 aliphatic heterocycles. The summed E-state index contributed by atoms with van der Waals surface area (Å²) in [5, 5.41) is 0.385. The average Bonchev–Trinajstić information content (AvgIpc) is 2.66. The molecule has 0 fully saturated rings. The van der Waals surface area contributed by atoms with Gasteiger partial charge in [-0.25, -0.2) is 9.78 Å². The largest absolute Gasteiger partial charge is 0.493 e. The quantitative estimate of drug-likeness (QED) is 0.734. The molecule has 0 bridgehead atoms. The van der Waals surface area contributed by atoms with Crippen LogP contribution in [0.25, 0.3) is 22.2 Å². The molecule has 0 aliphatic carbocycles. The number of pyridine rings is 1. The van der Waals surface area contributed by atoms with Crippen molar-refractivity contribution in [1.29, 1.82) is 0 Å². The minimum absolute atomic E-state index is 0.385. The number of aryl methyl sites for hydroxylation is 1. The maximum atomic E-state index is 12.5. The van der Waals surface area contributed by atoms with Crippen molar-refractivity contribution < 1.29 is 9.47 Å². The van der Waals surface area contributed by atoms with Crippen LogP contribution in [0.15, 0.2) is 40.1 Å². The van der Waals surface area contributed by atoms with Crippen LogP contribution in [0.3, 0.4) is 0 Å². The van der Waals surface area contributed by atoms with Gasteiger partial charge >= 0.3 is 5.69 Å². The Labute approximate surface area is 150 Å². The first kappa shape index (κ1) is 17.7. The lowest BCUT2D eigenvalue weighted by Gasteiger charge is -2.13. The van der Waals surface area contributed by atoms with Crippen LogP contribution >= 0.6 is 0 Å². The summed E-state index contributed by atoms with van der Waals surface area (Å²) < 4.78 is 12.1. The van der Waals surface area contributed by atoms with Gasteiger partial charge in [-0.15, -0.1) is 0 Å². The van der Waals surface area contributed by atoms with Crippen LogP contribution < -0.4 is 20.7 Å². The molecule has 0 unspecified atom stereocenters. The number of hydrogen-bond acceptors (Lipinski definition) is 5. The summed E-state index contributed by atoms with van der Waals surface area (Å²) in [5.74, 6) is 1.16. The van der Waals surface area contributed by atoms with Gasteiger partial charge in [0.2, 0.25) is 0 Å². The van der Waals surface area contributed by atoms with Crippen molar-refractivity contribution in [3.63, 3.8) is 0 Å². The minimum atomic E-state index is -0.448. The molecule has 1 N–H and O–H groups in total. The first-order valence-electron chi connectivity index (χ1n) is 8.45. The molecule has 0 amide bonds. The van der Waals surface area contributed by atoms with Crippen LogP contribution in [0.1, 0.15) is 19.8 Å². The highest BCUT2D eigenvalue weighted by atomic mass is 16.5. The molecule has 2 aromatic heterocycles. The Morgan fingerprint density at radius 2 is 1.88 bits per heavy atom. The Bertz CT molecular complexity index is 1050. The summed E-state index contributed by atoms with van der Waals surface area (Å²) in [4.78, 5) is 31.5. The summed E-state index contributed by atoms with van der Waals surface area (Å²) in [7, 11) is 3.12. The van der Waals surface area contributed by atoms with E-state index in [9.17, 15) is 9.59 Å². The molecule has 7 nitrogen and oxygen atoms in total. The van der Waals surface area contributed by atoms with E-state index in [4.69, 9.17) is 9.47 Å². The Balaban J connectivity index is 2.28. The maximum absolute atomic E-state index is 12.5. The maximum Gasteiger partial charge on any atom is 0.329 e. The molecule has 0 saturated carbocycles. The third kappa shape index (κ3) is 3.08. The Morgan fingerprint density at radius 1 is 1.12 bits per heavy atom. The lowest BCUT2D eigenvalue weighted by atomic mass is 10.0. The molecule has 2 heterocycles. The first-order valence-corrected chi connectivity index (χ1v) is 8.45. The molecule has 1 aromatic carbocycles. The second-order valence-electron chi connectivity index (χ2n) is 5.89. The molecule has 3 aromatic rings. The van der Waals surface area contributed by atoms with E-state index < -0.39 is 11.2 Å². The number of unbranched alkanes of at least 4 members (excludes halogenated alkanes) is 1. The van der Waals surface area contributed by atoms with Crippen LogP contribution in [0, 0.1) is 0 Å². The molecule has 26 heavy (non-hydrogen) atoms. The van der Waals surface area contributed by atoms with Gasteiger partial charge in [0.25, 0.3) is 5.56 Å². The third-order valence-electron chi connectivity index (χ3n) is 4.31. The monoisotopic (exact) mass is 355 g/mol. The minimum Gasteiger partial charge on any atom is -0.493 e. The van der Waals surface area contributed by atoms with E-state index in [2.05, 4.69) is 9.97 Å². The number of H-pyrrole nitrogens is 1. The van der Waals surface area contributed by atoms with Gasteiger partial charge in [0, 0.05) is 12.7 Å². The van der Waals surface area contributed by atoms with Gasteiger partial charge in [-0.3, -0.25) is 14.3 Å². The van der Waals surface area contributed by atoms with Crippen LogP contribution in [0.5, 0.6) is 11.5 Å². The van der Waals surface area contributed by atoms with E-state index in [-0.39, 0.29) is 0 Å². The predicted octanol–water partition coefficient (Wildman–Crippen LogP) is 2.57. The van der Waals surface area contributed by atoms with Crippen LogP contribution in [-0.2, 0) is 6.54 Å². The van der Waals surface area contributed by atoms with E-state index in [1.807, 2.05) is 13.0 Å². The SMILES string of the molecule is CCCCn1c(=O)[nH]c(=O)c2c(-c3ccc(OC)c(OC)c3)ccnc21. The first-order chi connectivity index (χ1) is 12.6. The van der Waals surface area contributed by atoms with E-state index >= 15 is 0 Å². The lowest BCUT2D eigenvalue weighted by Crippen LogP contribution is -2.31. The highest BCUT2D eigenvalue weighted by molar-refractivity contribution is 5.92. The normalized spacial score (nSPS) is 10.9. The molecule has 136 valence electrons. The molecule has 0 spiro atoms. The zero-order valence-electron chi connectivity index (χ0n) is 15.0. The molecule has 3 rings (SSSR count). The molecule has 0 saturated heterocycles. The number of aromatic amines is 1. The van der Waals surface area contributed by atoms with Gasteiger partial charge in [-0.2, -0.15) is 0 Å². The highest BCUT2D eigenvalue weighted by Gasteiger charge is 2.15. The summed E-state index contributed by atoms with van der Waals surface area (Å²) in [6, 6.07) is 7.18. The van der Waals surface area contributed by atoms with E-state index in [1.165, 1.54) is 4.57 Å².